The zero-order valence-electron chi connectivity index (χ0n) is 11.2. The molecule has 0 amide bonds. The van der Waals surface area contributed by atoms with Crippen molar-refractivity contribution in [1.29, 1.82) is 5.26 Å². The first-order valence-electron chi connectivity index (χ1n) is 7.34. The van der Waals surface area contributed by atoms with Crippen LogP contribution in [0.1, 0.15) is 63.4 Å². The first-order valence-corrected chi connectivity index (χ1v) is 7.34. The Labute approximate surface area is 111 Å². The SMILES string of the molecule is N#CC1(c2ccccc2)CCCCCCCCC1. The smallest absolute Gasteiger partial charge is 0.0822 e. The van der Waals surface area contributed by atoms with Crippen molar-refractivity contribution in [3.05, 3.63) is 35.9 Å². The average molecular weight is 241 g/mol. The lowest BCUT2D eigenvalue weighted by Gasteiger charge is -2.28. The van der Waals surface area contributed by atoms with E-state index in [-0.39, 0.29) is 5.41 Å². The normalized spacial score (nSPS) is 20.8. The van der Waals surface area contributed by atoms with Crippen LogP contribution in [-0.2, 0) is 5.41 Å². The van der Waals surface area contributed by atoms with Crippen molar-refractivity contribution in [2.45, 2.75) is 63.2 Å². The highest BCUT2D eigenvalue weighted by atomic mass is 14.4. The van der Waals surface area contributed by atoms with E-state index >= 15 is 0 Å². The predicted molar refractivity (Wildman–Crippen MR) is 75.3 cm³/mol. The van der Waals surface area contributed by atoms with Crippen LogP contribution in [0.15, 0.2) is 30.3 Å². The molecule has 1 aromatic carbocycles. The summed E-state index contributed by atoms with van der Waals surface area (Å²) >= 11 is 0. The lowest BCUT2D eigenvalue weighted by atomic mass is 9.73. The van der Waals surface area contributed by atoms with Crippen LogP contribution in [0.2, 0.25) is 0 Å². The Kier molecular flexibility index (Phi) is 4.81. The lowest BCUT2D eigenvalue weighted by molar-refractivity contribution is 0.396. The number of benzene rings is 1. The summed E-state index contributed by atoms with van der Waals surface area (Å²) < 4.78 is 0. The molecule has 1 aromatic rings. The Morgan fingerprint density at radius 2 is 1.28 bits per heavy atom. The molecule has 0 saturated heterocycles. The van der Waals surface area contributed by atoms with Crippen LogP contribution in [0.25, 0.3) is 0 Å². The van der Waals surface area contributed by atoms with E-state index in [1.807, 2.05) is 6.07 Å². The number of rotatable bonds is 1. The third-order valence-electron chi connectivity index (χ3n) is 4.25. The molecule has 0 bridgehead atoms. The summed E-state index contributed by atoms with van der Waals surface area (Å²) in [7, 11) is 0. The van der Waals surface area contributed by atoms with Crippen LogP contribution in [-0.4, -0.2) is 0 Å². The van der Waals surface area contributed by atoms with Crippen LogP contribution in [0, 0.1) is 11.3 Å². The molecule has 2 rings (SSSR count). The summed E-state index contributed by atoms with van der Waals surface area (Å²) in [5.74, 6) is 0. The molecule has 0 spiro atoms. The van der Waals surface area contributed by atoms with Gasteiger partial charge >= 0.3 is 0 Å². The molecule has 1 aliphatic rings. The monoisotopic (exact) mass is 241 g/mol. The second-order valence-corrected chi connectivity index (χ2v) is 5.53. The molecular formula is C17H23N. The van der Waals surface area contributed by atoms with Crippen LogP contribution >= 0.6 is 0 Å². The lowest BCUT2D eigenvalue weighted by Crippen LogP contribution is -2.24. The van der Waals surface area contributed by atoms with E-state index in [2.05, 4.69) is 30.3 Å². The minimum atomic E-state index is -0.224. The highest BCUT2D eigenvalue weighted by Gasteiger charge is 2.31. The van der Waals surface area contributed by atoms with Crippen molar-refractivity contribution >= 4 is 0 Å². The number of nitriles is 1. The minimum Gasteiger partial charge on any atom is -0.197 e. The van der Waals surface area contributed by atoms with Crippen LogP contribution in [0.3, 0.4) is 0 Å². The predicted octanol–water partition coefficient (Wildman–Crippen LogP) is 4.97. The van der Waals surface area contributed by atoms with Crippen molar-refractivity contribution < 1.29 is 0 Å². The molecule has 96 valence electrons. The Hall–Kier alpha value is -1.29. The third-order valence-corrected chi connectivity index (χ3v) is 4.25. The maximum Gasteiger partial charge on any atom is 0.0822 e. The standard InChI is InChI=1S/C17H23N/c18-15-17(16-11-7-6-8-12-16)13-9-4-2-1-3-5-10-14-17/h6-8,11-12H,1-5,9-10,13-14H2. The quantitative estimate of drug-likeness (QED) is 0.680. The van der Waals surface area contributed by atoms with Crippen LogP contribution in [0.4, 0.5) is 0 Å². The van der Waals surface area contributed by atoms with Gasteiger partial charge in [-0.05, 0) is 18.4 Å². The molecule has 0 N–H and O–H groups in total. The molecule has 1 fully saturated rings. The topological polar surface area (TPSA) is 23.8 Å². The average Bonchev–Trinajstić information content (AvgIpc) is 2.45. The maximum atomic E-state index is 9.72. The van der Waals surface area contributed by atoms with Gasteiger partial charge in [-0.25, -0.2) is 0 Å². The van der Waals surface area contributed by atoms with E-state index in [1.165, 1.54) is 50.5 Å². The van der Waals surface area contributed by atoms with Gasteiger partial charge in [0.15, 0.2) is 0 Å². The third kappa shape index (κ3) is 3.13. The summed E-state index contributed by atoms with van der Waals surface area (Å²) in [5, 5.41) is 9.72. The van der Waals surface area contributed by atoms with Gasteiger partial charge in [-0.2, -0.15) is 5.26 Å². The summed E-state index contributed by atoms with van der Waals surface area (Å²) in [6, 6.07) is 13.1. The molecule has 0 radical (unpaired) electrons. The van der Waals surface area contributed by atoms with Gasteiger partial charge in [0, 0.05) is 0 Å². The van der Waals surface area contributed by atoms with Gasteiger partial charge in [0.2, 0.25) is 0 Å². The highest BCUT2D eigenvalue weighted by Crippen LogP contribution is 2.36. The summed E-state index contributed by atoms with van der Waals surface area (Å²) in [5.41, 5.74) is 1.01. The second-order valence-electron chi connectivity index (χ2n) is 5.53. The summed E-state index contributed by atoms with van der Waals surface area (Å²) in [6.07, 6.45) is 11.1. The molecule has 0 aliphatic heterocycles. The molecule has 0 atom stereocenters. The zero-order chi connectivity index (χ0) is 12.7. The highest BCUT2D eigenvalue weighted by molar-refractivity contribution is 5.32. The molecular weight excluding hydrogens is 218 g/mol. The van der Waals surface area contributed by atoms with Gasteiger partial charge in [0.1, 0.15) is 0 Å². The van der Waals surface area contributed by atoms with Gasteiger partial charge in [-0.3, -0.25) is 0 Å². The van der Waals surface area contributed by atoms with E-state index < -0.39 is 0 Å². The van der Waals surface area contributed by atoms with Gasteiger partial charge in [-0.15, -0.1) is 0 Å². The van der Waals surface area contributed by atoms with Crippen molar-refractivity contribution in [2.75, 3.05) is 0 Å². The molecule has 0 heterocycles. The van der Waals surface area contributed by atoms with E-state index in [4.69, 9.17) is 0 Å². The van der Waals surface area contributed by atoms with E-state index in [0.717, 1.165) is 12.8 Å². The van der Waals surface area contributed by atoms with E-state index in [1.54, 1.807) is 0 Å². The number of nitrogens with zero attached hydrogens (tertiary/aromatic N) is 1. The van der Waals surface area contributed by atoms with Crippen molar-refractivity contribution in [3.8, 4) is 6.07 Å². The summed E-state index contributed by atoms with van der Waals surface area (Å²) in [4.78, 5) is 0. The number of hydrogen-bond donors (Lipinski definition) is 0. The Bertz CT molecular complexity index is 378. The van der Waals surface area contributed by atoms with E-state index in [0.29, 0.717) is 0 Å². The molecule has 1 saturated carbocycles. The van der Waals surface area contributed by atoms with E-state index in [9.17, 15) is 5.26 Å². The molecule has 1 heteroatoms. The van der Waals surface area contributed by atoms with Crippen LogP contribution < -0.4 is 0 Å². The molecule has 0 aromatic heterocycles. The summed E-state index contributed by atoms with van der Waals surface area (Å²) in [6.45, 7) is 0. The first-order chi connectivity index (χ1) is 8.87. The first kappa shape index (κ1) is 13.1. The Balaban J connectivity index is 2.19. The van der Waals surface area contributed by atoms with Gasteiger partial charge in [0.25, 0.3) is 0 Å². The zero-order valence-corrected chi connectivity index (χ0v) is 11.2. The Morgan fingerprint density at radius 3 is 1.78 bits per heavy atom. The fourth-order valence-corrected chi connectivity index (χ4v) is 3.08. The van der Waals surface area contributed by atoms with Gasteiger partial charge < -0.3 is 0 Å². The maximum absolute atomic E-state index is 9.72. The molecule has 1 aliphatic carbocycles. The van der Waals surface area contributed by atoms with Gasteiger partial charge in [-0.1, -0.05) is 75.3 Å². The van der Waals surface area contributed by atoms with Crippen molar-refractivity contribution in [1.82, 2.24) is 0 Å². The van der Waals surface area contributed by atoms with Crippen LogP contribution in [0.5, 0.6) is 0 Å². The second kappa shape index (κ2) is 6.59. The fourth-order valence-electron chi connectivity index (χ4n) is 3.08. The van der Waals surface area contributed by atoms with Crippen molar-refractivity contribution in [3.63, 3.8) is 0 Å². The largest absolute Gasteiger partial charge is 0.197 e. The minimum absolute atomic E-state index is 0.224. The Morgan fingerprint density at radius 1 is 0.778 bits per heavy atom. The molecule has 18 heavy (non-hydrogen) atoms. The molecule has 0 unspecified atom stereocenters. The molecule has 1 nitrogen and oxygen atoms in total. The number of hydrogen-bond acceptors (Lipinski definition) is 1. The fraction of sp³-hybridized carbons (Fsp3) is 0.588. The van der Waals surface area contributed by atoms with Gasteiger partial charge in [0.05, 0.1) is 11.5 Å². The van der Waals surface area contributed by atoms with Crippen molar-refractivity contribution in [2.24, 2.45) is 0 Å².